The first-order valence-corrected chi connectivity index (χ1v) is 3.93. The van der Waals surface area contributed by atoms with Crippen molar-refractivity contribution in [1.29, 1.82) is 0 Å². The van der Waals surface area contributed by atoms with Crippen molar-refractivity contribution < 1.29 is 0 Å². The molecule has 8 heavy (non-hydrogen) atoms. The fourth-order valence-corrected chi connectivity index (χ4v) is 4.21. The summed E-state index contributed by atoms with van der Waals surface area (Å²) in [5.74, 6) is 5.15. The lowest BCUT2D eigenvalue weighted by Gasteiger charge is -2.16. The Morgan fingerprint density at radius 2 is 2.12 bits per heavy atom. The van der Waals surface area contributed by atoms with Gasteiger partial charge in [0, 0.05) is 0 Å². The van der Waals surface area contributed by atoms with Gasteiger partial charge in [-0.3, -0.25) is 0 Å². The van der Waals surface area contributed by atoms with Crippen LogP contribution < -0.4 is 0 Å². The summed E-state index contributed by atoms with van der Waals surface area (Å²) in [5.41, 5.74) is 1.04. The van der Waals surface area contributed by atoms with E-state index in [2.05, 4.69) is 0 Å². The highest BCUT2D eigenvalue weighted by Gasteiger charge is 2.91. The predicted octanol–water partition coefficient (Wildman–Crippen LogP) is 1.66. The maximum Gasteiger partial charge on any atom is -0.0226 e. The van der Waals surface area contributed by atoms with Gasteiger partial charge < -0.3 is 0 Å². The van der Waals surface area contributed by atoms with Gasteiger partial charge >= 0.3 is 0 Å². The average Bonchev–Trinajstić information content (AvgIpc) is 2.54. The second-order valence-electron chi connectivity index (χ2n) is 4.36. The van der Waals surface area contributed by atoms with Gasteiger partial charge in [0.2, 0.25) is 0 Å². The molecule has 3 unspecified atom stereocenters. The van der Waals surface area contributed by atoms with Crippen molar-refractivity contribution in [3.05, 3.63) is 0 Å². The number of rotatable bonds is 0. The molecular weight excluding hydrogens is 96.1 g/mol. The molecule has 0 aromatic carbocycles. The molecule has 0 radical (unpaired) electrons. The Balaban J connectivity index is 2.07. The van der Waals surface area contributed by atoms with Gasteiger partial charge in [0.1, 0.15) is 0 Å². The van der Waals surface area contributed by atoms with Crippen LogP contribution in [0.3, 0.4) is 0 Å². The molecule has 0 aromatic heterocycles. The minimum Gasteiger partial charge on any atom is -0.0496 e. The second kappa shape index (κ2) is 0.571. The quantitative estimate of drug-likeness (QED) is 0.440. The maximum atomic E-state index is 1.66. The first kappa shape index (κ1) is 3.24. The van der Waals surface area contributed by atoms with E-state index in [0.29, 0.717) is 0 Å². The molecule has 5 saturated carbocycles. The highest BCUT2D eigenvalue weighted by molar-refractivity contribution is 5.38. The first-order chi connectivity index (χ1) is 3.93. The van der Waals surface area contributed by atoms with Crippen LogP contribution in [0.15, 0.2) is 0 Å². The van der Waals surface area contributed by atoms with Crippen molar-refractivity contribution in [3.63, 3.8) is 0 Å². The summed E-state index contributed by atoms with van der Waals surface area (Å²) >= 11 is 0. The van der Waals surface area contributed by atoms with Crippen LogP contribution in [0.4, 0.5) is 0 Å². The molecule has 0 heterocycles. The molecule has 0 N–H and O–H groups in total. The minimum absolute atomic E-state index is 1.04. The molecule has 0 aliphatic heterocycles. The molecule has 0 nitrogen and oxygen atoms in total. The molecule has 3 atom stereocenters. The third-order valence-corrected chi connectivity index (χ3v) is 4.46. The Bertz CT molecular complexity index is 166. The summed E-state index contributed by atoms with van der Waals surface area (Å²) < 4.78 is 0. The van der Waals surface area contributed by atoms with Crippen molar-refractivity contribution in [3.8, 4) is 0 Å². The minimum atomic E-state index is 1.04. The Labute approximate surface area is 49.3 Å². The fraction of sp³-hybridized carbons (Fsp3) is 1.00. The highest BCUT2D eigenvalue weighted by Crippen LogP contribution is 2.96. The fourth-order valence-electron chi connectivity index (χ4n) is 4.21. The van der Waals surface area contributed by atoms with Crippen LogP contribution in [-0.4, -0.2) is 0 Å². The normalized spacial score (nSPS) is 87.0. The molecule has 5 aliphatic rings. The van der Waals surface area contributed by atoms with E-state index in [1.165, 1.54) is 23.7 Å². The zero-order chi connectivity index (χ0) is 4.93. The molecule has 1 spiro atoms. The monoisotopic (exact) mass is 106 g/mol. The van der Waals surface area contributed by atoms with Crippen molar-refractivity contribution in [2.45, 2.75) is 19.3 Å². The summed E-state index contributed by atoms with van der Waals surface area (Å²) in [5, 5.41) is 0. The van der Waals surface area contributed by atoms with E-state index >= 15 is 0 Å². The molecule has 0 saturated heterocycles. The Hall–Kier alpha value is 0. The van der Waals surface area contributed by atoms with Crippen LogP contribution in [-0.2, 0) is 0 Å². The lowest BCUT2D eigenvalue weighted by atomic mass is 9.88. The Morgan fingerprint density at radius 1 is 1.25 bits per heavy atom. The van der Waals surface area contributed by atoms with Crippen molar-refractivity contribution >= 4 is 0 Å². The highest BCUT2D eigenvalue weighted by atomic mass is 14.9. The van der Waals surface area contributed by atoms with E-state index in [-0.39, 0.29) is 0 Å². The van der Waals surface area contributed by atoms with Gasteiger partial charge in [0.05, 0.1) is 0 Å². The number of hydrogen-bond donors (Lipinski definition) is 0. The largest absolute Gasteiger partial charge is 0.0496 e. The molecule has 3 bridgehead atoms. The first-order valence-electron chi connectivity index (χ1n) is 3.93. The Kier molecular flexibility index (Phi) is 0.231. The molecule has 5 fully saturated rings. The van der Waals surface area contributed by atoms with Crippen molar-refractivity contribution in [1.82, 2.24) is 0 Å². The van der Waals surface area contributed by atoms with Gasteiger partial charge in [-0.1, -0.05) is 0 Å². The predicted molar refractivity (Wildman–Crippen MR) is 30.2 cm³/mol. The van der Waals surface area contributed by atoms with E-state index in [4.69, 9.17) is 0 Å². The lowest BCUT2D eigenvalue weighted by molar-refractivity contribution is 0.321. The smallest absolute Gasteiger partial charge is 0.0226 e. The van der Waals surface area contributed by atoms with E-state index in [1.54, 1.807) is 19.3 Å². The van der Waals surface area contributed by atoms with Gasteiger partial charge in [-0.2, -0.15) is 0 Å². The topological polar surface area (TPSA) is 0 Å². The summed E-state index contributed by atoms with van der Waals surface area (Å²) in [7, 11) is 0. The zero-order valence-electron chi connectivity index (χ0n) is 4.93. The molecule has 5 rings (SSSR count). The van der Waals surface area contributed by atoms with Crippen LogP contribution in [0.1, 0.15) is 19.3 Å². The lowest BCUT2D eigenvalue weighted by Crippen LogP contribution is -2.09. The molecule has 42 valence electrons. The zero-order valence-corrected chi connectivity index (χ0v) is 4.93. The molecule has 5 aliphatic carbocycles. The van der Waals surface area contributed by atoms with Gasteiger partial charge in [0.15, 0.2) is 0 Å². The molecular formula is C8H10. The molecule has 0 amide bonds. The summed E-state index contributed by atoms with van der Waals surface area (Å²) in [6, 6.07) is 0. The number of hydrogen-bond acceptors (Lipinski definition) is 0. The van der Waals surface area contributed by atoms with Crippen LogP contribution in [0.5, 0.6) is 0 Å². The van der Waals surface area contributed by atoms with Gasteiger partial charge in [0.25, 0.3) is 0 Å². The summed E-state index contributed by atoms with van der Waals surface area (Å²) in [6.45, 7) is 0. The SMILES string of the molecule is C1CC23CC1C1C2C13. The van der Waals surface area contributed by atoms with Crippen LogP contribution in [0, 0.1) is 29.1 Å². The van der Waals surface area contributed by atoms with Crippen LogP contribution >= 0.6 is 0 Å². The Morgan fingerprint density at radius 3 is 2.38 bits per heavy atom. The van der Waals surface area contributed by atoms with E-state index in [9.17, 15) is 0 Å². The van der Waals surface area contributed by atoms with E-state index in [0.717, 1.165) is 5.41 Å². The molecule has 0 heteroatoms. The third kappa shape index (κ3) is 0.122. The average molecular weight is 106 g/mol. The van der Waals surface area contributed by atoms with Gasteiger partial charge in [-0.25, -0.2) is 0 Å². The summed E-state index contributed by atoms with van der Waals surface area (Å²) in [6.07, 6.45) is 4.90. The van der Waals surface area contributed by atoms with Gasteiger partial charge in [-0.05, 0) is 48.3 Å². The molecule has 0 aromatic rings. The van der Waals surface area contributed by atoms with Crippen LogP contribution in [0.2, 0.25) is 0 Å². The maximum absolute atomic E-state index is 1.66. The van der Waals surface area contributed by atoms with Gasteiger partial charge in [-0.15, -0.1) is 0 Å². The van der Waals surface area contributed by atoms with E-state index in [1.807, 2.05) is 0 Å². The van der Waals surface area contributed by atoms with Crippen LogP contribution in [0.25, 0.3) is 0 Å². The van der Waals surface area contributed by atoms with Crippen molar-refractivity contribution in [2.75, 3.05) is 0 Å². The second-order valence-corrected chi connectivity index (χ2v) is 4.36. The third-order valence-electron chi connectivity index (χ3n) is 4.46. The summed E-state index contributed by atoms with van der Waals surface area (Å²) in [4.78, 5) is 0. The standard InChI is InChI=1S/C8H10/c1-2-8-3-4(1)5-6(8)7(5)8/h4-7H,1-3H2. The van der Waals surface area contributed by atoms with E-state index < -0.39 is 0 Å². The van der Waals surface area contributed by atoms with Crippen molar-refractivity contribution in [2.24, 2.45) is 29.1 Å².